The van der Waals surface area contributed by atoms with Gasteiger partial charge in [0, 0.05) is 16.3 Å². The molecule has 0 saturated heterocycles. The highest BCUT2D eigenvalue weighted by Crippen LogP contribution is 2.41. The predicted molar refractivity (Wildman–Crippen MR) is 78.9 cm³/mol. The van der Waals surface area contributed by atoms with Crippen LogP contribution < -0.4 is 0 Å². The topological polar surface area (TPSA) is 40.5 Å². The van der Waals surface area contributed by atoms with Crippen molar-refractivity contribution in [2.45, 2.75) is 19.8 Å². The molecule has 0 bridgehead atoms. The van der Waals surface area contributed by atoms with Crippen LogP contribution in [-0.4, -0.2) is 10.2 Å². The molecule has 2 nitrogen and oxygen atoms in total. The summed E-state index contributed by atoms with van der Waals surface area (Å²) in [5.74, 6) is 0.650. The molecule has 0 radical (unpaired) electrons. The molecule has 2 N–H and O–H groups in total. The van der Waals surface area contributed by atoms with Crippen LogP contribution in [0.1, 0.15) is 25.3 Å². The second kappa shape index (κ2) is 4.16. The molecule has 0 spiro atoms. The summed E-state index contributed by atoms with van der Waals surface area (Å²) in [4.78, 5) is 0. The van der Waals surface area contributed by atoms with E-state index in [1.165, 1.54) is 0 Å². The summed E-state index contributed by atoms with van der Waals surface area (Å²) >= 11 is 0. The molecule has 0 amide bonds. The van der Waals surface area contributed by atoms with Gasteiger partial charge in [-0.1, -0.05) is 44.2 Å². The van der Waals surface area contributed by atoms with Gasteiger partial charge in [-0.2, -0.15) is 0 Å². The number of phenolic OH excluding ortho intramolecular Hbond substituents is 2. The summed E-state index contributed by atoms with van der Waals surface area (Å²) in [7, 11) is 0. The maximum absolute atomic E-state index is 10.6. The molecule has 96 valence electrons. The lowest BCUT2D eigenvalue weighted by Gasteiger charge is -2.15. The SMILES string of the molecule is CC(C)c1c(O)ccc2cc3ccccc3c(O)c12. The maximum Gasteiger partial charge on any atom is 0.131 e. The molecule has 0 aromatic heterocycles. The molecule has 19 heavy (non-hydrogen) atoms. The van der Waals surface area contributed by atoms with E-state index >= 15 is 0 Å². The molecular weight excluding hydrogens is 236 g/mol. The van der Waals surface area contributed by atoms with Crippen LogP contribution in [0.25, 0.3) is 21.5 Å². The van der Waals surface area contributed by atoms with E-state index < -0.39 is 0 Å². The van der Waals surface area contributed by atoms with Gasteiger partial charge in [0.25, 0.3) is 0 Å². The minimum atomic E-state index is 0.149. The van der Waals surface area contributed by atoms with E-state index in [1.807, 2.05) is 44.2 Å². The molecule has 0 atom stereocenters. The lowest BCUT2D eigenvalue weighted by Crippen LogP contribution is -1.92. The first-order valence-corrected chi connectivity index (χ1v) is 6.46. The van der Waals surface area contributed by atoms with Gasteiger partial charge in [0.15, 0.2) is 0 Å². The molecule has 0 heterocycles. The highest BCUT2D eigenvalue weighted by molar-refractivity contribution is 6.07. The Morgan fingerprint density at radius 3 is 2.37 bits per heavy atom. The Morgan fingerprint density at radius 1 is 0.895 bits per heavy atom. The van der Waals surface area contributed by atoms with Crippen molar-refractivity contribution in [3.8, 4) is 11.5 Å². The van der Waals surface area contributed by atoms with E-state index in [4.69, 9.17) is 0 Å². The van der Waals surface area contributed by atoms with Gasteiger partial charge in [0.05, 0.1) is 0 Å². The largest absolute Gasteiger partial charge is 0.508 e. The standard InChI is InChI=1S/C17H16O2/c1-10(2)15-14(18)8-7-12-9-11-5-3-4-6-13(11)17(19)16(12)15/h3-10,18-19H,1-2H3. The smallest absolute Gasteiger partial charge is 0.131 e. The Hall–Kier alpha value is -2.22. The number of aromatic hydroxyl groups is 2. The maximum atomic E-state index is 10.6. The Morgan fingerprint density at radius 2 is 1.63 bits per heavy atom. The van der Waals surface area contributed by atoms with Gasteiger partial charge in [-0.15, -0.1) is 0 Å². The highest BCUT2D eigenvalue weighted by atomic mass is 16.3. The fourth-order valence-electron chi connectivity index (χ4n) is 2.74. The number of fused-ring (bicyclic) bond motifs is 2. The Kier molecular flexibility index (Phi) is 2.59. The molecule has 3 aromatic carbocycles. The van der Waals surface area contributed by atoms with E-state index in [1.54, 1.807) is 6.07 Å². The quantitative estimate of drug-likeness (QED) is 0.625. The van der Waals surface area contributed by atoms with Crippen molar-refractivity contribution in [3.63, 3.8) is 0 Å². The van der Waals surface area contributed by atoms with Crippen molar-refractivity contribution in [1.29, 1.82) is 0 Å². The van der Waals surface area contributed by atoms with Gasteiger partial charge in [-0.3, -0.25) is 0 Å². The molecule has 3 aromatic rings. The summed E-state index contributed by atoms with van der Waals surface area (Å²) < 4.78 is 0. The fourth-order valence-corrected chi connectivity index (χ4v) is 2.74. The van der Waals surface area contributed by atoms with Crippen molar-refractivity contribution in [2.75, 3.05) is 0 Å². The summed E-state index contributed by atoms with van der Waals surface area (Å²) in [6, 6.07) is 13.3. The van der Waals surface area contributed by atoms with E-state index in [-0.39, 0.29) is 17.4 Å². The Balaban J connectivity index is 2.56. The summed E-state index contributed by atoms with van der Waals surface area (Å²) in [5, 5.41) is 24.2. The zero-order valence-corrected chi connectivity index (χ0v) is 11.0. The minimum absolute atomic E-state index is 0.149. The fraction of sp³-hybridized carbons (Fsp3) is 0.176. The molecule has 0 aliphatic carbocycles. The van der Waals surface area contributed by atoms with Crippen molar-refractivity contribution in [3.05, 3.63) is 48.0 Å². The van der Waals surface area contributed by atoms with Crippen molar-refractivity contribution >= 4 is 21.5 Å². The van der Waals surface area contributed by atoms with Crippen LogP contribution in [0.15, 0.2) is 42.5 Å². The van der Waals surface area contributed by atoms with Crippen LogP contribution >= 0.6 is 0 Å². The molecule has 0 fully saturated rings. The highest BCUT2D eigenvalue weighted by Gasteiger charge is 2.15. The van der Waals surface area contributed by atoms with Gasteiger partial charge < -0.3 is 10.2 Å². The van der Waals surface area contributed by atoms with E-state index in [2.05, 4.69) is 6.07 Å². The number of hydrogen-bond acceptors (Lipinski definition) is 2. The average molecular weight is 252 g/mol. The minimum Gasteiger partial charge on any atom is -0.508 e. The summed E-state index contributed by atoms with van der Waals surface area (Å²) in [6.07, 6.45) is 0. The van der Waals surface area contributed by atoms with Gasteiger partial charge in [-0.25, -0.2) is 0 Å². The Labute approximate surface area is 111 Å². The first kappa shape index (κ1) is 11.8. The van der Waals surface area contributed by atoms with Crippen LogP contribution in [0.2, 0.25) is 0 Å². The molecule has 0 aliphatic rings. The van der Waals surface area contributed by atoms with Gasteiger partial charge in [-0.05, 0) is 28.8 Å². The van der Waals surface area contributed by atoms with Crippen LogP contribution in [0.3, 0.4) is 0 Å². The molecule has 0 saturated carbocycles. The molecule has 0 unspecified atom stereocenters. The van der Waals surface area contributed by atoms with Crippen LogP contribution in [0.4, 0.5) is 0 Å². The zero-order valence-electron chi connectivity index (χ0n) is 11.0. The third-order valence-electron chi connectivity index (χ3n) is 3.60. The van der Waals surface area contributed by atoms with E-state index in [0.717, 1.165) is 27.1 Å². The second-order valence-electron chi connectivity index (χ2n) is 5.20. The monoisotopic (exact) mass is 252 g/mol. The van der Waals surface area contributed by atoms with E-state index in [0.29, 0.717) is 0 Å². The van der Waals surface area contributed by atoms with Crippen LogP contribution in [-0.2, 0) is 0 Å². The van der Waals surface area contributed by atoms with E-state index in [9.17, 15) is 10.2 Å². The summed E-state index contributed by atoms with van der Waals surface area (Å²) in [6.45, 7) is 4.03. The lowest BCUT2D eigenvalue weighted by molar-refractivity contribution is 0.463. The first-order valence-electron chi connectivity index (χ1n) is 6.46. The second-order valence-corrected chi connectivity index (χ2v) is 5.20. The molecular formula is C17H16O2. The van der Waals surface area contributed by atoms with Gasteiger partial charge in [0.1, 0.15) is 11.5 Å². The number of phenols is 2. The van der Waals surface area contributed by atoms with Gasteiger partial charge in [0.2, 0.25) is 0 Å². The van der Waals surface area contributed by atoms with Gasteiger partial charge >= 0.3 is 0 Å². The average Bonchev–Trinajstić information content (AvgIpc) is 2.39. The molecule has 3 rings (SSSR count). The van der Waals surface area contributed by atoms with Crippen molar-refractivity contribution < 1.29 is 10.2 Å². The Bertz CT molecular complexity index is 773. The van der Waals surface area contributed by atoms with Crippen LogP contribution in [0, 0.1) is 0 Å². The molecule has 0 aliphatic heterocycles. The molecule has 2 heteroatoms. The van der Waals surface area contributed by atoms with Crippen molar-refractivity contribution in [2.24, 2.45) is 0 Å². The third kappa shape index (κ3) is 1.72. The summed E-state index contributed by atoms with van der Waals surface area (Å²) in [5.41, 5.74) is 0.806. The number of hydrogen-bond donors (Lipinski definition) is 2. The number of rotatable bonds is 1. The predicted octanol–water partition coefficient (Wildman–Crippen LogP) is 4.53. The zero-order chi connectivity index (χ0) is 13.6. The van der Waals surface area contributed by atoms with Crippen LogP contribution in [0.5, 0.6) is 11.5 Å². The normalized spacial score (nSPS) is 11.5. The third-order valence-corrected chi connectivity index (χ3v) is 3.60. The van der Waals surface area contributed by atoms with Crippen molar-refractivity contribution in [1.82, 2.24) is 0 Å². The lowest BCUT2D eigenvalue weighted by atomic mass is 9.92. The first-order chi connectivity index (χ1) is 9.09. The number of benzene rings is 3.